The second-order valence-electron chi connectivity index (χ2n) is 8.88. The van der Waals surface area contributed by atoms with Crippen LogP contribution in [-0.4, -0.2) is 55.7 Å². The van der Waals surface area contributed by atoms with Gasteiger partial charge in [0.05, 0.1) is 0 Å². The van der Waals surface area contributed by atoms with Crippen LogP contribution in [0.3, 0.4) is 0 Å². The lowest BCUT2D eigenvalue weighted by molar-refractivity contribution is -0.169. The van der Waals surface area contributed by atoms with E-state index in [4.69, 9.17) is 5.73 Å². The highest BCUT2D eigenvalue weighted by atomic mass is 19.4. The van der Waals surface area contributed by atoms with Gasteiger partial charge in [0.15, 0.2) is 0 Å². The molecule has 2 fully saturated rings. The zero-order valence-electron chi connectivity index (χ0n) is 18.4. The second kappa shape index (κ2) is 8.41. The molecule has 2 atom stereocenters. The fraction of sp³-hybridized carbons (Fsp3) is 0.458. The molecule has 2 unspecified atom stereocenters. The number of carbonyl (C=O) groups excluding carboxylic acids is 1. The maximum Gasteiger partial charge on any atom is 0.472 e. The molecule has 1 heterocycles. The third kappa shape index (κ3) is 4.47. The van der Waals surface area contributed by atoms with Crippen molar-refractivity contribution in [1.29, 1.82) is 0 Å². The van der Waals surface area contributed by atoms with Gasteiger partial charge in [-0.3, -0.25) is 9.69 Å². The van der Waals surface area contributed by atoms with Gasteiger partial charge in [-0.2, -0.15) is 13.2 Å². The number of carbonyl (C=O) groups is 1. The average Bonchev–Trinajstić information content (AvgIpc) is 3.47. The van der Waals surface area contributed by atoms with Crippen LogP contribution in [0.25, 0.3) is 0 Å². The zero-order chi connectivity index (χ0) is 23.1. The summed E-state index contributed by atoms with van der Waals surface area (Å²) in [5, 5.41) is 0. The Morgan fingerprint density at radius 2 is 1.56 bits per heavy atom. The Balaban J connectivity index is 1.59. The van der Waals surface area contributed by atoms with Crippen molar-refractivity contribution in [3.8, 4) is 0 Å². The number of piperazine rings is 1. The molecule has 1 amide bonds. The topological polar surface area (TPSA) is 52.8 Å². The molecule has 1 saturated carbocycles. The molecule has 172 valence electrons. The lowest BCUT2D eigenvalue weighted by Gasteiger charge is -2.34. The van der Waals surface area contributed by atoms with E-state index in [1.807, 2.05) is 6.92 Å². The van der Waals surface area contributed by atoms with E-state index in [1.165, 1.54) is 0 Å². The number of nitrogens with two attached hydrogens (primary N) is 1. The highest BCUT2D eigenvalue weighted by Gasteiger charge is 2.50. The number of likely N-dealkylation sites (N-methyl/N-ethyl adjacent to an activating group) is 1. The van der Waals surface area contributed by atoms with Crippen molar-refractivity contribution in [1.82, 2.24) is 4.90 Å². The van der Waals surface area contributed by atoms with Crippen molar-refractivity contribution in [2.45, 2.75) is 37.4 Å². The van der Waals surface area contributed by atoms with E-state index in [-0.39, 0.29) is 22.8 Å². The molecule has 2 aromatic rings. The van der Waals surface area contributed by atoms with Gasteiger partial charge in [-0.05, 0) is 61.9 Å². The van der Waals surface area contributed by atoms with Crippen molar-refractivity contribution in [3.63, 3.8) is 0 Å². The van der Waals surface area contributed by atoms with Crippen LogP contribution in [0.15, 0.2) is 48.5 Å². The Kier molecular flexibility index (Phi) is 5.94. The van der Waals surface area contributed by atoms with Gasteiger partial charge < -0.3 is 15.5 Å². The molecule has 0 spiro atoms. The summed E-state index contributed by atoms with van der Waals surface area (Å²) in [5.41, 5.74) is 8.34. The molecule has 4 rings (SSSR count). The van der Waals surface area contributed by atoms with Gasteiger partial charge in [0.2, 0.25) is 0 Å². The predicted octanol–water partition coefficient (Wildman–Crippen LogP) is 4.26. The van der Waals surface area contributed by atoms with Crippen LogP contribution in [0.5, 0.6) is 0 Å². The van der Waals surface area contributed by atoms with Gasteiger partial charge in [0.1, 0.15) is 0 Å². The molecule has 5 nitrogen and oxygen atoms in total. The summed E-state index contributed by atoms with van der Waals surface area (Å²) in [6.07, 6.45) is -3.28. The zero-order valence-corrected chi connectivity index (χ0v) is 18.4. The molecule has 1 aliphatic heterocycles. The first-order valence-electron chi connectivity index (χ1n) is 11.0. The standard InChI is InChI=1S/C24H29F3N4O/c1-3-23(28)16-21(23)17-4-6-19(7-5-17)31(22(32)24(25,26)27)20-10-8-18(9-11-20)30-14-12-29(2)13-15-30/h4-11,21H,3,12-16,28H2,1-2H3. The number of anilines is 3. The van der Waals surface area contributed by atoms with Gasteiger partial charge in [-0.25, -0.2) is 0 Å². The number of rotatable bonds is 5. The molecule has 2 aromatic carbocycles. The molecule has 1 aliphatic carbocycles. The molecule has 32 heavy (non-hydrogen) atoms. The van der Waals surface area contributed by atoms with E-state index in [1.54, 1.807) is 48.5 Å². The van der Waals surface area contributed by atoms with Crippen molar-refractivity contribution >= 4 is 23.0 Å². The SMILES string of the molecule is CCC1(N)CC1c1ccc(N(C(=O)C(F)(F)F)c2ccc(N3CCN(C)CC3)cc2)cc1. The summed E-state index contributed by atoms with van der Waals surface area (Å²) in [6.45, 7) is 5.59. The number of halogens is 3. The average molecular weight is 447 g/mol. The van der Waals surface area contributed by atoms with Gasteiger partial charge >= 0.3 is 12.1 Å². The summed E-state index contributed by atoms with van der Waals surface area (Å²) >= 11 is 0. The molecule has 0 radical (unpaired) electrons. The van der Waals surface area contributed by atoms with E-state index in [9.17, 15) is 18.0 Å². The first-order valence-corrected chi connectivity index (χ1v) is 11.0. The minimum Gasteiger partial charge on any atom is -0.369 e. The van der Waals surface area contributed by atoms with Crippen LogP contribution < -0.4 is 15.5 Å². The quantitative estimate of drug-likeness (QED) is 0.746. The summed E-state index contributed by atoms with van der Waals surface area (Å²) in [6, 6.07) is 13.4. The van der Waals surface area contributed by atoms with Crippen molar-refractivity contribution < 1.29 is 18.0 Å². The Hall–Kier alpha value is -2.58. The monoisotopic (exact) mass is 446 g/mol. The van der Waals surface area contributed by atoms with E-state index in [0.717, 1.165) is 55.2 Å². The predicted molar refractivity (Wildman–Crippen MR) is 120 cm³/mol. The molecule has 0 aromatic heterocycles. The third-order valence-corrected chi connectivity index (χ3v) is 6.75. The Morgan fingerprint density at radius 3 is 2.03 bits per heavy atom. The van der Waals surface area contributed by atoms with E-state index < -0.39 is 12.1 Å². The second-order valence-corrected chi connectivity index (χ2v) is 8.88. The van der Waals surface area contributed by atoms with Crippen LogP contribution in [0.4, 0.5) is 30.2 Å². The van der Waals surface area contributed by atoms with Crippen LogP contribution in [0.2, 0.25) is 0 Å². The lowest BCUT2D eigenvalue weighted by atomic mass is 10.0. The minimum atomic E-state index is -4.99. The van der Waals surface area contributed by atoms with Crippen molar-refractivity contribution in [2.24, 2.45) is 5.73 Å². The number of hydrogen-bond donors (Lipinski definition) is 1. The van der Waals surface area contributed by atoms with Crippen molar-refractivity contribution in [2.75, 3.05) is 43.0 Å². The van der Waals surface area contributed by atoms with Crippen LogP contribution in [-0.2, 0) is 4.79 Å². The molecule has 2 aliphatic rings. The van der Waals surface area contributed by atoms with Gasteiger partial charge in [-0.15, -0.1) is 0 Å². The molecule has 2 N–H and O–H groups in total. The fourth-order valence-electron chi connectivity index (χ4n) is 4.40. The maximum atomic E-state index is 13.4. The number of alkyl halides is 3. The van der Waals surface area contributed by atoms with E-state index in [2.05, 4.69) is 16.8 Å². The number of amides is 1. The number of hydrogen-bond acceptors (Lipinski definition) is 4. The minimum absolute atomic E-state index is 0.184. The molecule has 1 saturated heterocycles. The van der Waals surface area contributed by atoms with Gasteiger partial charge in [0.25, 0.3) is 0 Å². The first kappa shape index (κ1) is 22.6. The van der Waals surface area contributed by atoms with Crippen molar-refractivity contribution in [3.05, 3.63) is 54.1 Å². The normalized spacial score (nSPS) is 23.8. The highest BCUT2D eigenvalue weighted by Crippen LogP contribution is 2.51. The van der Waals surface area contributed by atoms with Gasteiger partial charge in [0, 0.05) is 54.7 Å². The third-order valence-electron chi connectivity index (χ3n) is 6.75. The summed E-state index contributed by atoms with van der Waals surface area (Å²) in [4.78, 5) is 17.5. The lowest BCUT2D eigenvalue weighted by Crippen LogP contribution is -2.44. The van der Waals surface area contributed by atoms with E-state index >= 15 is 0 Å². The molecule has 0 bridgehead atoms. The first-order chi connectivity index (χ1) is 15.1. The number of nitrogens with zero attached hydrogens (tertiary/aromatic N) is 3. The Labute approximate surface area is 186 Å². The molecule has 8 heteroatoms. The Morgan fingerprint density at radius 1 is 1.03 bits per heavy atom. The number of benzene rings is 2. The summed E-state index contributed by atoms with van der Waals surface area (Å²) in [7, 11) is 2.06. The molecular weight excluding hydrogens is 417 g/mol. The largest absolute Gasteiger partial charge is 0.472 e. The summed E-state index contributed by atoms with van der Waals surface area (Å²) < 4.78 is 40.3. The summed E-state index contributed by atoms with van der Waals surface area (Å²) in [5.74, 6) is -1.71. The van der Waals surface area contributed by atoms with Crippen LogP contribution in [0, 0.1) is 0 Å². The van der Waals surface area contributed by atoms with Gasteiger partial charge in [-0.1, -0.05) is 19.1 Å². The van der Waals surface area contributed by atoms with E-state index in [0.29, 0.717) is 0 Å². The molecular formula is C24H29F3N4O. The smallest absolute Gasteiger partial charge is 0.369 e. The van der Waals surface area contributed by atoms with Crippen LogP contribution in [0.1, 0.15) is 31.2 Å². The Bertz CT molecular complexity index is 953. The fourth-order valence-corrected chi connectivity index (χ4v) is 4.40. The highest BCUT2D eigenvalue weighted by molar-refractivity contribution is 6.03. The maximum absolute atomic E-state index is 13.4. The van der Waals surface area contributed by atoms with Crippen LogP contribution >= 0.6 is 0 Å².